The Balaban J connectivity index is 2.28. The summed E-state index contributed by atoms with van der Waals surface area (Å²) in [7, 11) is 4.13. The van der Waals surface area contributed by atoms with Gasteiger partial charge in [0, 0.05) is 23.8 Å². The van der Waals surface area contributed by atoms with Gasteiger partial charge < -0.3 is 10.6 Å². The van der Waals surface area contributed by atoms with Gasteiger partial charge in [-0.3, -0.25) is 4.98 Å². The van der Waals surface area contributed by atoms with Gasteiger partial charge in [0.05, 0.1) is 0 Å². The highest BCUT2D eigenvalue weighted by atomic mass is 15.0. The van der Waals surface area contributed by atoms with Crippen molar-refractivity contribution in [3.63, 3.8) is 0 Å². The van der Waals surface area contributed by atoms with E-state index in [4.69, 9.17) is 5.73 Å². The van der Waals surface area contributed by atoms with E-state index < -0.39 is 0 Å². The average Bonchev–Trinajstić information content (AvgIpc) is 2.35. The number of nitrogens with two attached hydrogens (primary N) is 1. The molecule has 0 fully saturated rings. The Kier molecular flexibility index (Phi) is 3.71. The third kappa shape index (κ3) is 2.81. The van der Waals surface area contributed by atoms with Crippen LogP contribution in [0.4, 0.5) is 0 Å². The van der Waals surface area contributed by atoms with Crippen molar-refractivity contribution in [3.05, 3.63) is 42.2 Å². The average molecular weight is 229 g/mol. The van der Waals surface area contributed by atoms with E-state index in [1.165, 1.54) is 5.39 Å². The summed E-state index contributed by atoms with van der Waals surface area (Å²) in [6, 6.07) is 8.31. The molecule has 1 aromatic carbocycles. The molecule has 0 bridgehead atoms. The van der Waals surface area contributed by atoms with E-state index in [1.807, 2.05) is 24.5 Å². The van der Waals surface area contributed by atoms with Gasteiger partial charge in [0.15, 0.2) is 0 Å². The SMILES string of the molecule is CN(C)CCC(N)c1cncc2ccccc12. The van der Waals surface area contributed by atoms with Crippen LogP contribution in [0.15, 0.2) is 36.7 Å². The minimum atomic E-state index is 0.0519. The molecule has 0 spiro atoms. The van der Waals surface area contributed by atoms with Crippen molar-refractivity contribution in [2.24, 2.45) is 5.73 Å². The molecule has 0 amide bonds. The first-order chi connectivity index (χ1) is 8.18. The van der Waals surface area contributed by atoms with Gasteiger partial charge in [-0.05, 0) is 38.0 Å². The van der Waals surface area contributed by atoms with Gasteiger partial charge in [0.1, 0.15) is 0 Å². The Morgan fingerprint density at radius 2 is 2.00 bits per heavy atom. The van der Waals surface area contributed by atoms with Gasteiger partial charge >= 0.3 is 0 Å². The minimum absolute atomic E-state index is 0.0519. The Hall–Kier alpha value is -1.45. The summed E-state index contributed by atoms with van der Waals surface area (Å²) in [4.78, 5) is 6.42. The van der Waals surface area contributed by atoms with Gasteiger partial charge in [-0.15, -0.1) is 0 Å². The smallest absolute Gasteiger partial charge is 0.0346 e. The first-order valence-electron chi connectivity index (χ1n) is 5.91. The third-order valence-corrected chi connectivity index (χ3v) is 2.99. The molecule has 0 aliphatic carbocycles. The van der Waals surface area contributed by atoms with Crippen molar-refractivity contribution >= 4 is 10.8 Å². The van der Waals surface area contributed by atoms with Crippen LogP contribution < -0.4 is 5.73 Å². The molecule has 2 N–H and O–H groups in total. The molecule has 0 aliphatic rings. The summed E-state index contributed by atoms with van der Waals surface area (Å²) in [5.74, 6) is 0. The Bertz CT molecular complexity index is 488. The van der Waals surface area contributed by atoms with Crippen LogP contribution in [0.25, 0.3) is 10.8 Å². The van der Waals surface area contributed by atoms with Crippen LogP contribution in [0, 0.1) is 0 Å². The Labute approximate surface area is 102 Å². The third-order valence-electron chi connectivity index (χ3n) is 2.99. The fourth-order valence-corrected chi connectivity index (χ4v) is 1.99. The van der Waals surface area contributed by atoms with Crippen molar-refractivity contribution in [2.75, 3.05) is 20.6 Å². The van der Waals surface area contributed by atoms with Gasteiger partial charge in [-0.25, -0.2) is 0 Å². The lowest BCUT2D eigenvalue weighted by Gasteiger charge is -2.16. The Morgan fingerprint density at radius 1 is 1.24 bits per heavy atom. The zero-order valence-corrected chi connectivity index (χ0v) is 10.4. The number of hydrogen-bond acceptors (Lipinski definition) is 3. The number of pyridine rings is 1. The zero-order valence-electron chi connectivity index (χ0n) is 10.4. The van der Waals surface area contributed by atoms with Crippen LogP contribution in [0.2, 0.25) is 0 Å². The first kappa shape index (κ1) is 12.0. The van der Waals surface area contributed by atoms with E-state index in [2.05, 4.69) is 36.1 Å². The summed E-state index contributed by atoms with van der Waals surface area (Å²) in [6.45, 7) is 0.990. The molecule has 3 heteroatoms. The maximum atomic E-state index is 6.24. The summed E-state index contributed by atoms with van der Waals surface area (Å²) >= 11 is 0. The summed E-state index contributed by atoms with van der Waals surface area (Å²) in [5, 5.41) is 2.37. The van der Waals surface area contributed by atoms with Crippen molar-refractivity contribution in [1.82, 2.24) is 9.88 Å². The lowest BCUT2D eigenvalue weighted by atomic mass is 10.00. The molecule has 0 radical (unpaired) electrons. The molecule has 0 saturated carbocycles. The molecule has 1 heterocycles. The largest absolute Gasteiger partial charge is 0.324 e. The number of hydrogen-bond donors (Lipinski definition) is 1. The molecule has 2 aromatic rings. The Morgan fingerprint density at radius 3 is 2.76 bits per heavy atom. The maximum absolute atomic E-state index is 6.24. The molecule has 0 aliphatic heterocycles. The molecule has 1 atom stereocenters. The van der Waals surface area contributed by atoms with E-state index in [-0.39, 0.29) is 6.04 Å². The number of rotatable bonds is 4. The van der Waals surface area contributed by atoms with E-state index in [0.717, 1.165) is 23.9 Å². The molecule has 0 saturated heterocycles. The highest BCUT2D eigenvalue weighted by Crippen LogP contribution is 2.23. The monoisotopic (exact) mass is 229 g/mol. The molecule has 17 heavy (non-hydrogen) atoms. The maximum Gasteiger partial charge on any atom is 0.0346 e. The number of fused-ring (bicyclic) bond motifs is 1. The van der Waals surface area contributed by atoms with Gasteiger partial charge in [0.2, 0.25) is 0 Å². The van der Waals surface area contributed by atoms with Crippen LogP contribution >= 0.6 is 0 Å². The number of nitrogens with zero attached hydrogens (tertiary/aromatic N) is 2. The van der Waals surface area contributed by atoms with Crippen molar-refractivity contribution in [3.8, 4) is 0 Å². The first-order valence-corrected chi connectivity index (χ1v) is 5.91. The highest BCUT2D eigenvalue weighted by molar-refractivity contribution is 5.84. The molecule has 1 unspecified atom stereocenters. The summed E-state index contributed by atoms with van der Waals surface area (Å²) in [5.41, 5.74) is 7.39. The lowest BCUT2D eigenvalue weighted by molar-refractivity contribution is 0.383. The van der Waals surface area contributed by atoms with Crippen molar-refractivity contribution < 1.29 is 0 Å². The molecule has 2 rings (SSSR count). The van der Waals surface area contributed by atoms with Crippen molar-refractivity contribution in [1.29, 1.82) is 0 Å². The van der Waals surface area contributed by atoms with Gasteiger partial charge in [-0.2, -0.15) is 0 Å². The topological polar surface area (TPSA) is 42.1 Å². The van der Waals surface area contributed by atoms with Gasteiger partial charge in [0.25, 0.3) is 0 Å². The van der Waals surface area contributed by atoms with Crippen LogP contribution in [0.5, 0.6) is 0 Å². The summed E-state index contributed by atoms with van der Waals surface area (Å²) in [6.07, 6.45) is 4.73. The van der Waals surface area contributed by atoms with E-state index in [9.17, 15) is 0 Å². The van der Waals surface area contributed by atoms with Crippen LogP contribution in [0.3, 0.4) is 0 Å². The molecular weight excluding hydrogens is 210 g/mol. The normalized spacial score (nSPS) is 13.2. The molecular formula is C14H19N3. The lowest BCUT2D eigenvalue weighted by Crippen LogP contribution is -2.20. The predicted octanol–water partition coefficient (Wildman–Crippen LogP) is 2.19. The van der Waals surface area contributed by atoms with Crippen LogP contribution in [-0.4, -0.2) is 30.5 Å². The molecule has 3 nitrogen and oxygen atoms in total. The molecule has 1 aromatic heterocycles. The number of benzene rings is 1. The zero-order chi connectivity index (χ0) is 12.3. The standard InChI is InChI=1S/C14H19N3/c1-17(2)8-7-14(15)13-10-16-9-11-5-3-4-6-12(11)13/h3-6,9-10,14H,7-8,15H2,1-2H3. The van der Waals surface area contributed by atoms with Gasteiger partial charge in [-0.1, -0.05) is 24.3 Å². The van der Waals surface area contributed by atoms with E-state index >= 15 is 0 Å². The fraction of sp³-hybridized carbons (Fsp3) is 0.357. The highest BCUT2D eigenvalue weighted by Gasteiger charge is 2.10. The number of aromatic nitrogens is 1. The quantitative estimate of drug-likeness (QED) is 0.873. The fourth-order valence-electron chi connectivity index (χ4n) is 1.99. The van der Waals surface area contributed by atoms with Crippen LogP contribution in [0.1, 0.15) is 18.0 Å². The van der Waals surface area contributed by atoms with E-state index in [0.29, 0.717) is 0 Å². The second-order valence-electron chi connectivity index (χ2n) is 4.65. The van der Waals surface area contributed by atoms with E-state index in [1.54, 1.807) is 0 Å². The second-order valence-corrected chi connectivity index (χ2v) is 4.65. The van der Waals surface area contributed by atoms with Crippen molar-refractivity contribution in [2.45, 2.75) is 12.5 Å². The summed E-state index contributed by atoms with van der Waals surface area (Å²) < 4.78 is 0. The minimum Gasteiger partial charge on any atom is -0.324 e. The molecule has 90 valence electrons. The predicted molar refractivity (Wildman–Crippen MR) is 71.8 cm³/mol. The second kappa shape index (κ2) is 5.25. The van der Waals surface area contributed by atoms with Crippen LogP contribution in [-0.2, 0) is 0 Å².